The van der Waals surface area contributed by atoms with E-state index in [-0.39, 0.29) is 17.0 Å². The van der Waals surface area contributed by atoms with Gasteiger partial charge in [-0.2, -0.15) is 5.10 Å². The average Bonchev–Trinajstić information content (AvgIpc) is 3.32. The second-order valence-electron chi connectivity index (χ2n) is 6.52. The predicted molar refractivity (Wildman–Crippen MR) is 85.7 cm³/mol. The number of rotatable bonds is 2. The van der Waals surface area contributed by atoms with Crippen LogP contribution in [-0.2, 0) is 12.8 Å². The van der Waals surface area contributed by atoms with Crippen LogP contribution in [0.4, 0.5) is 0 Å². The summed E-state index contributed by atoms with van der Waals surface area (Å²) in [7, 11) is 0. The van der Waals surface area contributed by atoms with Crippen molar-refractivity contribution in [3.8, 4) is 0 Å². The van der Waals surface area contributed by atoms with E-state index in [1.54, 1.807) is 24.0 Å². The third-order valence-electron chi connectivity index (χ3n) is 4.79. The van der Waals surface area contributed by atoms with Crippen molar-refractivity contribution in [2.75, 3.05) is 13.1 Å². The van der Waals surface area contributed by atoms with Gasteiger partial charge < -0.3 is 9.88 Å². The van der Waals surface area contributed by atoms with Crippen LogP contribution in [0.1, 0.15) is 51.8 Å². The summed E-state index contributed by atoms with van der Waals surface area (Å²) in [5, 5.41) is 7.62. The van der Waals surface area contributed by atoms with Crippen molar-refractivity contribution in [3.05, 3.63) is 50.7 Å². The number of hydrogen-bond donors (Lipinski definition) is 2. The Morgan fingerprint density at radius 1 is 1.26 bits per heavy atom. The molecule has 0 saturated heterocycles. The lowest BCUT2D eigenvalue weighted by atomic mass is 10.1. The van der Waals surface area contributed by atoms with Crippen LogP contribution < -0.4 is 5.56 Å². The van der Waals surface area contributed by atoms with Crippen LogP contribution in [0.2, 0.25) is 0 Å². The van der Waals surface area contributed by atoms with Crippen molar-refractivity contribution in [1.29, 1.82) is 0 Å². The van der Waals surface area contributed by atoms with Crippen LogP contribution in [0.25, 0.3) is 0 Å². The summed E-state index contributed by atoms with van der Waals surface area (Å²) in [5.74, 6) is 0.425. The fourth-order valence-corrected chi connectivity index (χ4v) is 3.32. The maximum atomic E-state index is 12.7. The van der Waals surface area contributed by atoms with Crippen LogP contribution in [-0.4, -0.2) is 39.1 Å². The molecule has 2 aromatic rings. The second-order valence-corrected chi connectivity index (χ2v) is 6.52. The van der Waals surface area contributed by atoms with E-state index in [1.807, 2.05) is 0 Å². The number of H-pyrrole nitrogens is 2. The Kier molecular flexibility index (Phi) is 3.32. The SMILES string of the molecule is Cc1ccc(C(=O)N2CCc3[nH]nc(C4CC4)c3CC2)c(=O)[nH]1. The van der Waals surface area contributed by atoms with Gasteiger partial charge in [-0.05, 0) is 43.9 Å². The number of aromatic nitrogens is 3. The van der Waals surface area contributed by atoms with Crippen molar-refractivity contribution < 1.29 is 4.79 Å². The van der Waals surface area contributed by atoms with Gasteiger partial charge in [-0.15, -0.1) is 0 Å². The number of pyridine rings is 1. The lowest BCUT2D eigenvalue weighted by Gasteiger charge is -2.20. The van der Waals surface area contributed by atoms with E-state index in [2.05, 4.69) is 15.2 Å². The lowest BCUT2D eigenvalue weighted by Crippen LogP contribution is -2.36. The number of aryl methyl sites for hydroxylation is 1. The number of carbonyl (C=O) groups excluding carboxylic acids is 1. The van der Waals surface area contributed by atoms with Gasteiger partial charge in [0.05, 0.1) is 5.69 Å². The molecule has 2 aliphatic rings. The molecule has 0 unspecified atom stereocenters. The molecule has 23 heavy (non-hydrogen) atoms. The molecule has 0 bridgehead atoms. The molecule has 120 valence electrons. The van der Waals surface area contributed by atoms with Gasteiger partial charge in [-0.3, -0.25) is 14.7 Å². The molecule has 6 heteroatoms. The van der Waals surface area contributed by atoms with E-state index in [4.69, 9.17) is 0 Å². The highest BCUT2D eigenvalue weighted by atomic mass is 16.2. The van der Waals surface area contributed by atoms with Gasteiger partial charge in [-0.25, -0.2) is 0 Å². The highest BCUT2D eigenvalue weighted by Crippen LogP contribution is 2.41. The van der Waals surface area contributed by atoms with Crippen molar-refractivity contribution in [3.63, 3.8) is 0 Å². The van der Waals surface area contributed by atoms with Gasteiger partial charge in [0.1, 0.15) is 5.56 Å². The second kappa shape index (κ2) is 5.37. The molecule has 0 spiro atoms. The number of carbonyl (C=O) groups is 1. The van der Waals surface area contributed by atoms with Crippen LogP contribution in [0.3, 0.4) is 0 Å². The lowest BCUT2D eigenvalue weighted by molar-refractivity contribution is 0.0761. The van der Waals surface area contributed by atoms with Gasteiger partial charge in [0.25, 0.3) is 11.5 Å². The number of nitrogens with one attached hydrogen (secondary N) is 2. The molecule has 1 aliphatic heterocycles. The van der Waals surface area contributed by atoms with Gasteiger partial charge in [0.2, 0.25) is 0 Å². The summed E-state index contributed by atoms with van der Waals surface area (Å²) in [4.78, 5) is 29.2. The zero-order valence-electron chi connectivity index (χ0n) is 13.2. The third kappa shape index (κ3) is 2.58. The number of amides is 1. The summed E-state index contributed by atoms with van der Waals surface area (Å²) in [6, 6.07) is 3.39. The van der Waals surface area contributed by atoms with Crippen LogP contribution in [0.15, 0.2) is 16.9 Å². The summed E-state index contributed by atoms with van der Waals surface area (Å²) in [5.41, 5.74) is 4.32. The van der Waals surface area contributed by atoms with Crippen molar-refractivity contribution in [2.24, 2.45) is 0 Å². The van der Waals surface area contributed by atoms with Crippen LogP contribution >= 0.6 is 0 Å². The van der Waals surface area contributed by atoms with Gasteiger partial charge in [0.15, 0.2) is 0 Å². The average molecular weight is 312 g/mol. The maximum Gasteiger partial charge on any atom is 0.260 e. The topological polar surface area (TPSA) is 81.8 Å². The summed E-state index contributed by atoms with van der Waals surface area (Å²) in [6.07, 6.45) is 4.02. The maximum absolute atomic E-state index is 12.7. The first-order valence-electron chi connectivity index (χ1n) is 8.18. The third-order valence-corrected chi connectivity index (χ3v) is 4.79. The Bertz CT molecular complexity index is 816. The zero-order chi connectivity index (χ0) is 16.0. The van der Waals surface area contributed by atoms with E-state index >= 15 is 0 Å². The Morgan fingerprint density at radius 2 is 2.04 bits per heavy atom. The van der Waals surface area contributed by atoms with Gasteiger partial charge in [-0.1, -0.05) is 0 Å². The molecule has 3 heterocycles. The summed E-state index contributed by atoms with van der Waals surface area (Å²) < 4.78 is 0. The molecule has 4 rings (SSSR count). The van der Waals surface area contributed by atoms with E-state index in [1.165, 1.54) is 24.1 Å². The normalized spacial score (nSPS) is 17.7. The molecule has 0 atom stereocenters. The fourth-order valence-electron chi connectivity index (χ4n) is 3.32. The van der Waals surface area contributed by atoms with Gasteiger partial charge in [0, 0.05) is 36.8 Å². The molecule has 0 aromatic carbocycles. The first-order valence-corrected chi connectivity index (χ1v) is 8.18. The van der Waals surface area contributed by atoms with Crippen molar-refractivity contribution in [2.45, 2.75) is 38.5 Å². The quantitative estimate of drug-likeness (QED) is 0.882. The molecule has 1 aliphatic carbocycles. The fraction of sp³-hybridized carbons (Fsp3) is 0.471. The highest BCUT2D eigenvalue weighted by Gasteiger charge is 2.32. The van der Waals surface area contributed by atoms with E-state index in [0.29, 0.717) is 19.0 Å². The Labute approximate surface area is 133 Å². The predicted octanol–water partition coefficient (Wildman–Crippen LogP) is 1.52. The van der Waals surface area contributed by atoms with E-state index in [9.17, 15) is 9.59 Å². The molecular weight excluding hydrogens is 292 g/mol. The minimum Gasteiger partial charge on any atom is -0.338 e. The largest absolute Gasteiger partial charge is 0.338 e. The van der Waals surface area contributed by atoms with Crippen LogP contribution in [0, 0.1) is 6.92 Å². The summed E-state index contributed by atoms with van der Waals surface area (Å²) >= 11 is 0. The number of nitrogens with zero attached hydrogens (tertiary/aromatic N) is 2. The molecular formula is C17H20N4O2. The molecule has 1 fully saturated rings. The molecule has 1 saturated carbocycles. The van der Waals surface area contributed by atoms with Crippen molar-refractivity contribution in [1.82, 2.24) is 20.1 Å². The molecule has 2 aromatic heterocycles. The number of fused-ring (bicyclic) bond motifs is 1. The Balaban J connectivity index is 1.55. The monoisotopic (exact) mass is 312 g/mol. The highest BCUT2D eigenvalue weighted by molar-refractivity contribution is 5.93. The molecule has 6 nitrogen and oxygen atoms in total. The molecule has 0 radical (unpaired) electrons. The Morgan fingerprint density at radius 3 is 2.78 bits per heavy atom. The van der Waals surface area contributed by atoms with Crippen molar-refractivity contribution >= 4 is 5.91 Å². The van der Waals surface area contributed by atoms with Gasteiger partial charge >= 0.3 is 0 Å². The minimum absolute atomic E-state index is 0.183. The molecule has 1 amide bonds. The summed E-state index contributed by atoms with van der Waals surface area (Å²) in [6.45, 7) is 3.06. The number of hydrogen-bond acceptors (Lipinski definition) is 3. The van der Waals surface area contributed by atoms with Crippen LogP contribution in [0.5, 0.6) is 0 Å². The first-order chi connectivity index (χ1) is 11.1. The first kappa shape index (κ1) is 14.2. The van der Waals surface area contributed by atoms with E-state index in [0.717, 1.165) is 24.2 Å². The minimum atomic E-state index is -0.307. The van der Waals surface area contributed by atoms with E-state index < -0.39 is 0 Å². The molecule has 2 N–H and O–H groups in total. The Hall–Kier alpha value is -2.37. The smallest absolute Gasteiger partial charge is 0.260 e. The number of aromatic amines is 2. The zero-order valence-corrected chi connectivity index (χ0v) is 13.2. The standard InChI is InChI=1S/C17H20N4O2/c1-10-2-5-13(16(22)18-10)17(23)21-8-6-12-14(7-9-21)19-20-15(12)11-3-4-11/h2,5,11H,3-4,6-9H2,1H3,(H,18,22)(H,19,20).